The first-order valence-electron chi connectivity index (χ1n) is 7.15. The van der Waals surface area contributed by atoms with E-state index in [0.717, 1.165) is 0 Å². The molecular formula is C15H20N2O7. The van der Waals surface area contributed by atoms with Crippen molar-refractivity contribution in [2.24, 2.45) is 0 Å². The SMILES string of the molecule is COCCNC(=O)c1cc(COC(=O)NCCC(=O)O)ccc1O. The van der Waals surface area contributed by atoms with E-state index in [2.05, 4.69) is 10.6 Å². The smallest absolute Gasteiger partial charge is 0.407 e. The topological polar surface area (TPSA) is 134 Å². The van der Waals surface area contributed by atoms with Gasteiger partial charge in [0.25, 0.3) is 5.91 Å². The molecule has 0 aliphatic rings. The second-order valence-electron chi connectivity index (χ2n) is 4.75. The number of alkyl carbamates (subject to hydrolysis) is 1. The molecule has 0 saturated heterocycles. The van der Waals surface area contributed by atoms with E-state index in [4.69, 9.17) is 14.6 Å². The molecule has 24 heavy (non-hydrogen) atoms. The third-order valence-corrected chi connectivity index (χ3v) is 2.88. The van der Waals surface area contributed by atoms with Gasteiger partial charge in [-0.25, -0.2) is 4.79 Å². The fraction of sp³-hybridized carbons (Fsp3) is 0.400. The van der Waals surface area contributed by atoms with Crippen LogP contribution in [0.1, 0.15) is 22.3 Å². The molecule has 0 fully saturated rings. The van der Waals surface area contributed by atoms with Gasteiger partial charge >= 0.3 is 12.1 Å². The highest BCUT2D eigenvalue weighted by atomic mass is 16.5. The molecule has 0 spiro atoms. The van der Waals surface area contributed by atoms with E-state index in [1.54, 1.807) is 0 Å². The van der Waals surface area contributed by atoms with Crippen molar-refractivity contribution in [3.05, 3.63) is 29.3 Å². The van der Waals surface area contributed by atoms with Gasteiger partial charge in [-0.1, -0.05) is 6.07 Å². The molecule has 1 rings (SSSR count). The molecule has 9 nitrogen and oxygen atoms in total. The van der Waals surface area contributed by atoms with Gasteiger partial charge in [-0.15, -0.1) is 0 Å². The minimum Gasteiger partial charge on any atom is -0.507 e. The zero-order valence-corrected chi connectivity index (χ0v) is 13.2. The predicted molar refractivity (Wildman–Crippen MR) is 82.8 cm³/mol. The lowest BCUT2D eigenvalue weighted by Gasteiger charge is -2.10. The van der Waals surface area contributed by atoms with Crippen molar-refractivity contribution in [3.8, 4) is 5.75 Å². The van der Waals surface area contributed by atoms with E-state index in [-0.39, 0.29) is 30.9 Å². The van der Waals surface area contributed by atoms with Crippen molar-refractivity contribution in [1.29, 1.82) is 0 Å². The number of phenols is 1. The Kier molecular flexibility index (Phi) is 8.06. The number of amides is 2. The predicted octanol–water partition coefficient (Wildman–Crippen LogP) is 0.469. The van der Waals surface area contributed by atoms with E-state index in [9.17, 15) is 19.5 Å². The molecule has 0 aliphatic heterocycles. The normalized spacial score (nSPS) is 10.0. The number of ether oxygens (including phenoxy) is 2. The maximum atomic E-state index is 11.9. The largest absolute Gasteiger partial charge is 0.507 e. The van der Waals surface area contributed by atoms with E-state index >= 15 is 0 Å². The molecular weight excluding hydrogens is 320 g/mol. The molecule has 0 atom stereocenters. The first-order chi connectivity index (χ1) is 11.4. The minimum absolute atomic E-state index is 0.0447. The van der Waals surface area contributed by atoms with Gasteiger partial charge in [0.05, 0.1) is 18.6 Å². The number of carboxylic acids is 1. The summed E-state index contributed by atoms with van der Waals surface area (Å²) >= 11 is 0. The maximum Gasteiger partial charge on any atom is 0.407 e. The van der Waals surface area contributed by atoms with Crippen molar-refractivity contribution in [2.75, 3.05) is 26.8 Å². The van der Waals surface area contributed by atoms with E-state index < -0.39 is 18.0 Å². The van der Waals surface area contributed by atoms with Crippen molar-refractivity contribution < 1.29 is 34.1 Å². The Hall–Kier alpha value is -2.81. The molecule has 1 aromatic rings. The molecule has 0 heterocycles. The highest BCUT2D eigenvalue weighted by Crippen LogP contribution is 2.19. The third kappa shape index (κ3) is 6.97. The Balaban J connectivity index is 2.54. The lowest BCUT2D eigenvalue weighted by Crippen LogP contribution is -2.27. The maximum absolute atomic E-state index is 11.9. The van der Waals surface area contributed by atoms with Crippen LogP contribution < -0.4 is 10.6 Å². The number of aromatic hydroxyl groups is 1. The molecule has 2 amide bonds. The first-order valence-corrected chi connectivity index (χ1v) is 7.15. The Bertz CT molecular complexity index is 589. The number of aliphatic carboxylic acids is 1. The highest BCUT2D eigenvalue weighted by Gasteiger charge is 2.12. The average molecular weight is 340 g/mol. The van der Waals surface area contributed by atoms with Gasteiger partial charge in [0.2, 0.25) is 0 Å². The fourth-order valence-electron chi connectivity index (χ4n) is 1.69. The monoisotopic (exact) mass is 340 g/mol. The first kappa shape index (κ1) is 19.2. The van der Waals surface area contributed by atoms with Crippen LogP contribution in [0.5, 0.6) is 5.75 Å². The molecule has 0 saturated carbocycles. The summed E-state index contributed by atoms with van der Waals surface area (Å²) in [5.74, 6) is -1.70. The number of methoxy groups -OCH3 is 1. The Morgan fingerprint density at radius 1 is 1.17 bits per heavy atom. The summed E-state index contributed by atoms with van der Waals surface area (Å²) in [6, 6.07) is 4.24. The van der Waals surface area contributed by atoms with Gasteiger partial charge in [0, 0.05) is 20.2 Å². The number of phenolic OH excluding ortho intramolecular Hbond substituents is 1. The number of benzene rings is 1. The van der Waals surface area contributed by atoms with E-state index in [0.29, 0.717) is 18.7 Å². The second kappa shape index (κ2) is 10.1. The van der Waals surface area contributed by atoms with Crippen LogP contribution >= 0.6 is 0 Å². The number of carbonyl (C=O) groups is 3. The minimum atomic E-state index is -1.03. The van der Waals surface area contributed by atoms with Gasteiger partial charge in [0.15, 0.2) is 0 Å². The number of hydrogen-bond acceptors (Lipinski definition) is 6. The number of rotatable bonds is 9. The molecule has 4 N–H and O–H groups in total. The Morgan fingerprint density at radius 3 is 2.58 bits per heavy atom. The molecule has 132 valence electrons. The van der Waals surface area contributed by atoms with E-state index in [1.807, 2.05) is 0 Å². The molecule has 0 aliphatic carbocycles. The van der Waals surface area contributed by atoms with Gasteiger partial charge in [-0.2, -0.15) is 0 Å². The van der Waals surface area contributed by atoms with Gasteiger partial charge in [-0.05, 0) is 17.7 Å². The molecule has 0 aromatic heterocycles. The van der Waals surface area contributed by atoms with Gasteiger partial charge < -0.3 is 30.3 Å². The lowest BCUT2D eigenvalue weighted by molar-refractivity contribution is -0.136. The molecule has 0 radical (unpaired) electrons. The molecule has 0 unspecified atom stereocenters. The third-order valence-electron chi connectivity index (χ3n) is 2.88. The van der Waals surface area contributed by atoms with Crippen molar-refractivity contribution >= 4 is 18.0 Å². The zero-order chi connectivity index (χ0) is 17.9. The van der Waals surface area contributed by atoms with E-state index in [1.165, 1.54) is 25.3 Å². The zero-order valence-electron chi connectivity index (χ0n) is 13.2. The van der Waals surface area contributed by atoms with Crippen LogP contribution in [0.2, 0.25) is 0 Å². The van der Waals surface area contributed by atoms with Crippen LogP contribution in [0, 0.1) is 0 Å². The van der Waals surface area contributed by atoms with Gasteiger partial charge in [0.1, 0.15) is 12.4 Å². The molecule has 0 bridgehead atoms. The molecule has 1 aromatic carbocycles. The van der Waals surface area contributed by atoms with Crippen molar-refractivity contribution in [2.45, 2.75) is 13.0 Å². The standard InChI is InChI=1S/C15H20N2O7/c1-23-7-6-16-14(21)11-8-10(2-3-12(11)18)9-24-15(22)17-5-4-13(19)20/h2-3,8,18H,4-7,9H2,1H3,(H,16,21)(H,17,22)(H,19,20). The Morgan fingerprint density at radius 2 is 1.92 bits per heavy atom. The van der Waals surface area contributed by atoms with Crippen LogP contribution in [0.3, 0.4) is 0 Å². The summed E-state index contributed by atoms with van der Waals surface area (Å²) in [4.78, 5) is 33.6. The summed E-state index contributed by atoms with van der Waals surface area (Å²) in [7, 11) is 1.50. The van der Waals surface area contributed by atoms with Crippen LogP contribution in [-0.2, 0) is 20.9 Å². The highest BCUT2D eigenvalue weighted by molar-refractivity contribution is 5.97. The Labute approximate surface area is 138 Å². The number of carboxylic acid groups (broad SMARTS) is 1. The van der Waals surface area contributed by atoms with Crippen LogP contribution in [0.4, 0.5) is 4.79 Å². The number of nitrogens with one attached hydrogen (secondary N) is 2. The van der Waals surface area contributed by atoms with Crippen LogP contribution in [-0.4, -0.2) is 55.0 Å². The fourth-order valence-corrected chi connectivity index (χ4v) is 1.69. The van der Waals surface area contributed by atoms with Crippen LogP contribution in [0.15, 0.2) is 18.2 Å². The van der Waals surface area contributed by atoms with Crippen molar-refractivity contribution in [3.63, 3.8) is 0 Å². The van der Waals surface area contributed by atoms with Crippen LogP contribution in [0.25, 0.3) is 0 Å². The second-order valence-corrected chi connectivity index (χ2v) is 4.75. The number of hydrogen-bond donors (Lipinski definition) is 4. The summed E-state index contributed by atoms with van der Waals surface area (Å²) in [5.41, 5.74) is 0.552. The number of carbonyl (C=O) groups excluding carboxylic acids is 2. The molecule has 9 heteroatoms. The summed E-state index contributed by atoms with van der Waals surface area (Å²) in [5, 5.41) is 23.1. The summed E-state index contributed by atoms with van der Waals surface area (Å²) in [6.07, 6.45) is -0.976. The lowest BCUT2D eigenvalue weighted by atomic mass is 10.1. The quantitative estimate of drug-likeness (QED) is 0.480. The van der Waals surface area contributed by atoms with Crippen molar-refractivity contribution in [1.82, 2.24) is 10.6 Å². The average Bonchev–Trinajstić information content (AvgIpc) is 2.53. The summed E-state index contributed by atoms with van der Waals surface area (Å²) < 4.78 is 9.72. The summed E-state index contributed by atoms with van der Waals surface area (Å²) in [6.45, 7) is 0.460. The van der Waals surface area contributed by atoms with Gasteiger partial charge in [-0.3, -0.25) is 9.59 Å².